The van der Waals surface area contributed by atoms with E-state index in [4.69, 9.17) is 0 Å². The minimum Gasteiger partial charge on any atom is -0.363 e. The number of piperidine rings is 1. The van der Waals surface area contributed by atoms with Gasteiger partial charge in [0.25, 0.3) is 0 Å². The minimum atomic E-state index is 0.780. The van der Waals surface area contributed by atoms with Gasteiger partial charge in [0.2, 0.25) is 0 Å². The third-order valence-electron chi connectivity index (χ3n) is 4.01. The van der Waals surface area contributed by atoms with Crippen LogP contribution in [0, 0.1) is 5.92 Å². The number of aromatic nitrogens is 1. The molecular weight excluding hydrogens is 262 g/mol. The SMILES string of the molecule is CN=C(NCc1ccnc(N(C)C)c1)N1CCC(C)CC1. The number of guanidine groups is 1. The lowest BCUT2D eigenvalue weighted by atomic mass is 10.00. The number of hydrogen-bond acceptors (Lipinski definition) is 3. The maximum Gasteiger partial charge on any atom is 0.193 e. The van der Waals surface area contributed by atoms with Crippen LogP contribution in [0.2, 0.25) is 0 Å². The molecule has 0 spiro atoms. The summed E-state index contributed by atoms with van der Waals surface area (Å²) in [5.74, 6) is 2.82. The predicted octanol–water partition coefficient (Wildman–Crippen LogP) is 1.95. The zero-order valence-electron chi connectivity index (χ0n) is 13.6. The molecule has 5 heteroatoms. The van der Waals surface area contributed by atoms with Gasteiger partial charge >= 0.3 is 0 Å². The van der Waals surface area contributed by atoms with Crippen LogP contribution in [0.3, 0.4) is 0 Å². The van der Waals surface area contributed by atoms with E-state index in [1.165, 1.54) is 18.4 Å². The van der Waals surface area contributed by atoms with Crippen LogP contribution >= 0.6 is 0 Å². The quantitative estimate of drug-likeness (QED) is 0.682. The van der Waals surface area contributed by atoms with Crippen LogP contribution in [0.4, 0.5) is 5.82 Å². The predicted molar refractivity (Wildman–Crippen MR) is 88.7 cm³/mol. The van der Waals surface area contributed by atoms with Crippen LogP contribution < -0.4 is 10.2 Å². The first kappa shape index (κ1) is 15.6. The fourth-order valence-electron chi connectivity index (χ4n) is 2.55. The molecule has 0 saturated carbocycles. The summed E-state index contributed by atoms with van der Waals surface area (Å²) >= 11 is 0. The van der Waals surface area contributed by atoms with Gasteiger partial charge in [-0.25, -0.2) is 4.98 Å². The van der Waals surface area contributed by atoms with E-state index in [1.54, 1.807) is 0 Å². The molecule has 21 heavy (non-hydrogen) atoms. The van der Waals surface area contributed by atoms with E-state index in [0.717, 1.165) is 37.3 Å². The van der Waals surface area contributed by atoms with E-state index < -0.39 is 0 Å². The molecule has 0 aromatic carbocycles. The lowest BCUT2D eigenvalue weighted by Gasteiger charge is -2.33. The average Bonchev–Trinajstić information content (AvgIpc) is 2.50. The Bertz CT molecular complexity index is 475. The summed E-state index contributed by atoms with van der Waals surface area (Å²) in [7, 11) is 5.87. The fraction of sp³-hybridized carbons (Fsp3) is 0.625. The Morgan fingerprint density at radius 1 is 1.43 bits per heavy atom. The number of hydrogen-bond donors (Lipinski definition) is 1. The van der Waals surface area contributed by atoms with Gasteiger partial charge in [0, 0.05) is 47.0 Å². The molecular formula is C16H27N5. The molecule has 0 unspecified atom stereocenters. The number of nitrogens with one attached hydrogen (secondary N) is 1. The Morgan fingerprint density at radius 3 is 2.76 bits per heavy atom. The van der Waals surface area contributed by atoms with Gasteiger partial charge in [0.15, 0.2) is 5.96 Å². The Morgan fingerprint density at radius 2 is 2.14 bits per heavy atom. The average molecular weight is 289 g/mol. The van der Waals surface area contributed by atoms with Crippen LogP contribution in [0.25, 0.3) is 0 Å². The highest BCUT2D eigenvalue weighted by Crippen LogP contribution is 2.16. The third-order valence-corrected chi connectivity index (χ3v) is 4.01. The molecule has 1 saturated heterocycles. The topological polar surface area (TPSA) is 43.8 Å². The lowest BCUT2D eigenvalue weighted by Crippen LogP contribution is -2.45. The normalized spacial score (nSPS) is 17.0. The van der Waals surface area contributed by atoms with E-state index in [9.17, 15) is 0 Å². The number of anilines is 1. The number of rotatable bonds is 3. The number of aliphatic imine (C=N–C) groups is 1. The third kappa shape index (κ3) is 4.34. The summed E-state index contributed by atoms with van der Waals surface area (Å²) in [4.78, 5) is 13.1. The zero-order valence-corrected chi connectivity index (χ0v) is 13.6. The van der Waals surface area contributed by atoms with Crippen molar-refractivity contribution in [2.24, 2.45) is 10.9 Å². The molecule has 2 rings (SSSR count). The van der Waals surface area contributed by atoms with Crippen molar-refractivity contribution >= 4 is 11.8 Å². The first-order chi connectivity index (χ1) is 10.1. The highest BCUT2D eigenvalue weighted by Gasteiger charge is 2.18. The minimum absolute atomic E-state index is 0.780. The van der Waals surface area contributed by atoms with E-state index in [0.29, 0.717) is 0 Å². The van der Waals surface area contributed by atoms with Crippen molar-refractivity contribution in [3.05, 3.63) is 23.9 Å². The molecule has 116 valence electrons. The molecule has 1 N–H and O–H groups in total. The second-order valence-corrected chi connectivity index (χ2v) is 5.99. The van der Waals surface area contributed by atoms with Crippen molar-refractivity contribution in [2.75, 3.05) is 39.1 Å². The Kier molecular flexibility index (Phi) is 5.42. The first-order valence-electron chi connectivity index (χ1n) is 7.68. The van der Waals surface area contributed by atoms with Crippen molar-refractivity contribution in [1.29, 1.82) is 0 Å². The zero-order chi connectivity index (χ0) is 15.2. The standard InChI is InChI=1S/C16H27N5/c1-13-6-9-21(10-7-13)16(17-2)19-12-14-5-8-18-15(11-14)20(3)4/h5,8,11,13H,6-7,9-10,12H2,1-4H3,(H,17,19). The molecule has 0 bridgehead atoms. The molecule has 1 aliphatic heterocycles. The maximum absolute atomic E-state index is 4.41. The summed E-state index contributed by atoms with van der Waals surface area (Å²) in [6.45, 7) is 5.30. The second kappa shape index (κ2) is 7.29. The van der Waals surface area contributed by atoms with Gasteiger partial charge in [0.1, 0.15) is 5.82 Å². The van der Waals surface area contributed by atoms with Gasteiger partial charge < -0.3 is 15.1 Å². The Labute approximate surface area is 128 Å². The van der Waals surface area contributed by atoms with Gasteiger partial charge in [0.05, 0.1) is 0 Å². The van der Waals surface area contributed by atoms with Crippen LogP contribution in [0.5, 0.6) is 0 Å². The maximum atomic E-state index is 4.41. The summed E-state index contributed by atoms with van der Waals surface area (Å²) in [5, 5.41) is 3.47. The second-order valence-electron chi connectivity index (χ2n) is 5.99. The lowest BCUT2D eigenvalue weighted by molar-refractivity contribution is 0.273. The van der Waals surface area contributed by atoms with Crippen LogP contribution in [0.15, 0.2) is 23.3 Å². The highest BCUT2D eigenvalue weighted by atomic mass is 15.3. The molecule has 0 atom stereocenters. The van der Waals surface area contributed by atoms with Crippen LogP contribution in [-0.4, -0.2) is 50.1 Å². The molecule has 1 aliphatic rings. The molecule has 1 aromatic heterocycles. The number of pyridine rings is 1. The Hall–Kier alpha value is -1.78. The van der Waals surface area contributed by atoms with E-state index in [-0.39, 0.29) is 0 Å². The van der Waals surface area contributed by atoms with Gasteiger partial charge in [-0.15, -0.1) is 0 Å². The van der Waals surface area contributed by atoms with E-state index in [1.807, 2.05) is 38.3 Å². The van der Waals surface area contributed by atoms with Gasteiger partial charge in [-0.2, -0.15) is 0 Å². The summed E-state index contributed by atoms with van der Waals surface area (Å²) in [6, 6.07) is 4.16. The molecule has 1 aromatic rings. The molecule has 0 aliphatic carbocycles. The Balaban J connectivity index is 1.93. The molecule has 0 radical (unpaired) electrons. The van der Waals surface area contributed by atoms with E-state index in [2.05, 4.69) is 33.2 Å². The molecule has 5 nitrogen and oxygen atoms in total. The van der Waals surface area contributed by atoms with Crippen molar-refractivity contribution < 1.29 is 0 Å². The summed E-state index contributed by atoms with van der Waals surface area (Å²) < 4.78 is 0. The van der Waals surface area contributed by atoms with Crippen molar-refractivity contribution in [3.63, 3.8) is 0 Å². The smallest absolute Gasteiger partial charge is 0.193 e. The molecule has 2 heterocycles. The van der Waals surface area contributed by atoms with E-state index >= 15 is 0 Å². The molecule has 1 fully saturated rings. The number of likely N-dealkylation sites (tertiary alicyclic amines) is 1. The largest absolute Gasteiger partial charge is 0.363 e. The monoisotopic (exact) mass is 289 g/mol. The first-order valence-corrected chi connectivity index (χ1v) is 7.68. The van der Waals surface area contributed by atoms with Crippen LogP contribution in [-0.2, 0) is 6.54 Å². The number of nitrogens with zero attached hydrogens (tertiary/aromatic N) is 4. The van der Waals surface area contributed by atoms with Crippen LogP contribution in [0.1, 0.15) is 25.3 Å². The van der Waals surface area contributed by atoms with Gasteiger partial charge in [-0.05, 0) is 36.5 Å². The van der Waals surface area contributed by atoms with Crippen molar-refractivity contribution in [2.45, 2.75) is 26.3 Å². The van der Waals surface area contributed by atoms with Gasteiger partial charge in [-0.1, -0.05) is 6.92 Å². The molecule has 0 amide bonds. The van der Waals surface area contributed by atoms with Gasteiger partial charge in [-0.3, -0.25) is 4.99 Å². The fourth-order valence-corrected chi connectivity index (χ4v) is 2.55. The summed E-state index contributed by atoms with van der Waals surface area (Å²) in [6.07, 6.45) is 4.36. The van der Waals surface area contributed by atoms with Crippen molar-refractivity contribution in [1.82, 2.24) is 15.2 Å². The van der Waals surface area contributed by atoms with Crippen molar-refractivity contribution in [3.8, 4) is 0 Å². The highest BCUT2D eigenvalue weighted by molar-refractivity contribution is 5.79. The summed E-state index contributed by atoms with van der Waals surface area (Å²) in [5.41, 5.74) is 1.22.